The van der Waals surface area contributed by atoms with E-state index >= 15 is 0 Å². The van der Waals surface area contributed by atoms with Crippen LogP contribution in [-0.4, -0.2) is 100 Å². The van der Waals surface area contributed by atoms with Crippen LogP contribution in [0.5, 0.6) is 0 Å². The van der Waals surface area contributed by atoms with Crippen molar-refractivity contribution in [3.8, 4) is 0 Å². The normalized spacial score (nSPS) is 14.6. The zero-order valence-corrected chi connectivity index (χ0v) is 30.8. The van der Waals surface area contributed by atoms with Gasteiger partial charge >= 0.3 is 0 Å². The molecule has 0 saturated carbocycles. The lowest BCUT2D eigenvalue weighted by Gasteiger charge is -2.31. The second kappa shape index (κ2) is 31.8. The summed E-state index contributed by atoms with van der Waals surface area (Å²) in [6.07, 6.45) is 11.5. The molecule has 0 aliphatic carbocycles. The molecule has 1 aliphatic heterocycles. The molecule has 2 rings (SSSR count). The molecule has 1 fully saturated rings. The Morgan fingerprint density at radius 2 is 1.60 bits per heavy atom. The number of allylic oxidation sites excluding steroid dienone is 1. The predicted octanol–water partition coefficient (Wildman–Crippen LogP) is 3.91. The summed E-state index contributed by atoms with van der Waals surface area (Å²) in [6.45, 7) is 21.2. The van der Waals surface area contributed by atoms with Crippen molar-refractivity contribution in [2.75, 3.05) is 66.9 Å². The third-order valence-corrected chi connectivity index (χ3v) is 6.27. The van der Waals surface area contributed by atoms with Crippen LogP contribution >= 0.6 is 16.3 Å². The molecule has 0 aromatic carbocycles. The Labute approximate surface area is 281 Å². The number of guanidine groups is 1. The van der Waals surface area contributed by atoms with E-state index in [2.05, 4.69) is 81.9 Å². The van der Waals surface area contributed by atoms with Gasteiger partial charge in [-0.15, -0.1) is 0 Å². The van der Waals surface area contributed by atoms with Gasteiger partial charge in [-0.3, -0.25) is 0 Å². The van der Waals surface area contributed by atoms with E-state index in [9.17, 15) is 0 Å². The van der Waals surface area contributed by atoms with Gasteiger partial charge in [0.15, 0.2) is 0 Å². The molecule has 0 bridgehead atoms. The molecule has 1 aliphatic rings. The molecule has 1 aromatic heterocycles. The van der Waals surface area contributed by atoms with E-state index in [0.29, 0.717) is 64.7 Å². The Morgan fingerprint density at radius 3 is 2.09 bits per heavy atom. The average Bonchev–Trinajstić information content (AvgIpc) is 3.43. The molecule has 0 atom stereocenters. The van der Waals surface area contributed by atoms with E-state index in [1.54, 1.807) is 13.3 Å². The van der Waals surface area contributed by atoms with E-state index < -0.39 is 0 Å². The summed E-state index contributed by atoms with van der Waals surface area (Å²) in [4.78, 5) is 15.5. The Morgan fingerprint density at radius 1 is 1.04 bits per heavy atom. The average molecular weight is 705 g/mol. The number of imidazole rings is 1. The molecular weight excluding hydrogens is 642 g/mol. The van der Waals surface area contributed by atoms with Crippen molar-refractivity contribution in [2.45, 2.75) is 86.0 Å². The van der Waals surface area contributed by atoms with Gasteiger partial charge in [-0.05, 0) is 46.9 Å². The number of likely N-dealkylation sites (tertiary alicyclic amines) is 1. The van der Waals surface area contributed by atoms with Crippen LogP contribution in [0.25, 0.3) is 12.3 Å². The van der Waals surface area contributed by atoms with Crippen molar-refractivity contribution in [3.63, 3.8) is 0 Å². The van der Waals surface area contributed by atoms with Crippen LogP contribution < -0.4 is 22.2 Å². The lowest BCUT2D eigenvalue weighted by Crippen LogP contribution is -2.39. The number of rotatable bonds is 16. The molecule has 45 heavy (non-hydrogen) atoms. The molecule has 13 heteroatoms. The highest BCUT2D eigenvalue weighted by molar-refractivity contribution is 9.06. The van der Waals surface area contributed by atoms with Crippen LogP contribution in [0.2, 0.25) is 0 Å². The van der Waals surface area contributed by atoms with Gasteiger partial charge in [-0.25, -0.2) is 15.0 Å². The highest BCUT2D eigenvalue weighted by Crippen LogP contribution is 2.13. The molecule has 262 valence electrons. The molecule has 4 N–H and O–H groups in total. The van der Waals surface area contributed by atoms with E-state index in [-0.39, 0.29) is 6.04 Å². The minimum atomic E-state index is 0.187. The summed E-state index contributed by atoms with van der Waals surface area (Å²) >= 11 is 2.88. The standard InChI is InChI=1S/C26H43BrN6O5.C3H8.C2H6.CH5N/c1-21(2)33-24(7-5-6-10-30-26(29-3)32-11-8-22(34-4)9-12-32)23(19-28)31-25(33)20-37-16-15-35-13-14-36-17-18-38-27;1-3-2;2*1-2/h6-7,10,19,21-22H,3,5,8-9,11-18,20,28H2,1-2,4H3;3H2,1-2H3;1-2H3;2H2,1H3/b10-6-,23-19+,24-7+,30-26?;;;. The number of halogens is 1. The molecule has 12 nitrogen and oxygen atoms in total. The number of methoxy groups -OCH3 is 1. The number of nitrogens with zero attached hydrogens (tertiary/aromatic N) is 5. The smallest absolute Gasteiger partial charge is 0.224 e. The van der Waals surface area contributed by atoms with E-state index in [0.717, 1.165) is 42.5 Å². The maximum Gasteiger partial charge on any atom is 0.224 e. The largest absolute Gasteiger partial charge is 0.403 e. The van der Waals surface area contributed by atoms with Crippen molar-refractivity contribution in [1.82, 2.24) is 14.5 Å². The Hall–Kier alpha value is -2.13. The zero-order chi connectivity index (χ0) is 34.3. The van der Waals surface area contributed by atoms with E-state index in [1.807, 2.05) is 19.9 Å². The van der Waals surface area contributed by atoms with Gasteiger partial charge in [-0.1, -0.05) is 46.3 Å². The fourth-order valence-corrected chi connectivity index (χ4v) is 4.22. The van der Waals surface area contributed by atoms with Gasteiger partial charge < -0.3 is 43.7 Å². The molecule has 0 unspecified atom stereocenters. The Kier molecular flexibility index (Phi) is 31.8. The summed E-state index contributed by atoms with van der Waals surface area (Å²) in [6, 6.07) is 0.187. The van der Waals surface area contributed by atoms with Gasteiger partial charge in [0.1, 0.15) is 17.8 Å². The van der Waals surface area contributed by atoms with Crippen LogP contribution in [-0.2, 0) is 29.4 Å². The van der Waals surface area contributed by atoms with E-state index in [1.165, 1.54) is 19.7 Å². The van der Waals surface area contributed by atoms with Crippen LogP contribution in [0.15, 0.2) is 22.3 Å². The highest BCUT2D eigenvalue weighted by atomic mass is 79.9. The van der Waals surface area contributed by atoms with Gasteiger partial charge in [0.05, 0.1) is 67.4 Å². The maximum absolute atomic E-state index is 5.90. The maximum atomic E-state index is 5.90. The number of aromatic nitrogens is 2. The van der Waals surface area contributed by atoms with Gasteiger partial charge in [0.25, 0.3) is 0 Å². The first-order valence-electron chi connectivity index (χ1n) is 16.0. The summed E-state index contributed by atoms with van der Waals surface area (Å²) < 4.78 is 29.0. The summed E-state index contributed by atoms with van der Waals surface area (Å²) in [5, 5.41) is 1.68. The van der Waals surface area contributed by atoms with Gasteiger partial charge in [-0.2, -0.15) is 0 Å². The second-order valence-corrected chi connectivity index (χ2v) is 10.0. The number of nitrogens with two attached hydrogens (primary N) is 2. The minimum Gasteiger partial charge on any atom is -0.403 e. The van der Waals surface area contributed by atoms with Crippen LogP contribution in [0.3, 0.4) is 0 Å². The first kappa shape index (κ1) is 45.0. The quantitative estimate of drug-likeness (QED) is 0.149. The van der Waals surface area contributed by atoms with Crippen molar-refractivity contribution >= 4 is 41.2 Å². The van der Waals surface area contributed by atoms with Gasteiger partial charge in [0, 0.05) is 38.6 Å². The zero-order valence-electron chi connectivity index (χ0n) is 29.2. The third kappa shape index (κ3) is 19.9. The van der Waals surface area contributed by atoms with Crippen LogP contribution in [0, 0.1) is 0 Å². The van der Waals surface area contributed by atoms with Crippen molar-refractivity contribution in [2.24, 2.45) is 21.5 Å². The van der Waals surface area contributed by atoms with E-state index in [4.69, 9.17) is 33.5 Å². The summed E-state index contributed by atoms with van der Waals surface area (Å²) in [5.41, 5.74) is 10.4. The molecule has 1 aromatic rings. The number of hydrogen-bond acceptors (Lipinski definition) is 9. The van der Waals surface area contributed by atoms with Crippen molar-refractivity contribution < 1.29 is 22.8 Å². The monoisotopic (exact) mass is 703 g/mol. The first-order valence-corrected chi connectivity index (χ1v) is 16.6. The predicted molar refractivity (Wildman–Crippen MR) is 191 cm³/mol. The SMILES string of the molecule is C=NC(=N/C=C\C/C=c1\c(=C/N)nc(COCCOCCOCCOBr)n1C(C)C)N1CCC(OC)CC1.CC.CCC.CN. The summed E-state index contributed by atoms with van der Waals surface area (Å²) in [7, 11) is 3.26. The van der Waals surface area contributed by atoms with Gasteiger partial charge in [0.2, 0.25) is 5.96 Å². The second-order valence-electron chi connectivity index (χ2n) is 9.56. The van der Waals surface area contributed by atoms with Crippen molar-refractivity contribution in [1.29, 1.82) is 0 Å². The Bertz CT molecular complexity index is 1010. The lowest BCUT2D eigenvalue weighted by atomic mass is 10.1. The molecule has 1 saturated heterocycles. The lowest BCUT2D eigenvalue weighted by molar-refractivity contribution is 0.00562. The topological polar surface area (TPSA) is 144 Å². The number of hydrogen-bond donors (Lipinski definition) is 2. The Balaban J connectivity index is 0. The number of piperidine rings is 1. The number of ether oxygens (including phenoxy) is 4. The van der Waals surface area contributed by atoms with Crippen molar-refractivity contribution in [3.05, 3.63) is 28.8 Å². The fourth-order valence-electron chi connectivity index (χ4n) is 4.08. The van der Waals surface area contributed by atoms with Crippen LogP contribution in [0.1, 0.15) is 79.1 Å². The fraction of sp³-hybridized carbons (Fsp3) is 0.719. The molecule has 0 radical (unpaired) electrons. The highest BCUT2D eigenvalue weighted by Gasteiger charge is 2.20. The first-order chi connectivity index (χ1) is 22.0. The molecule has 0 spiro atoms. The summed E-state index contributed by atoms with van der Waals surface area (Å²) in [5.74, 6) is 1.46. The number of aliphatic imine (C=N–C) groups is 2. The molecular formula is C32H62BrN7O5. The van der Waals surface area contributed by atoms with Crippen LogP contribution in [0.4, 0.5) is 0 Å². The molecule has 0 amide bonds. The third-order valence-electron chi connectivity index (χ3n) is 5.95. The minimum absolute atomic E-state index is 0.187. The molecule has 2 heterocycles.